The molecule has 136 valence electrons. The van der Waals surface area contributed by atoms with Crippen molar-refractivity contribution >= 4 is 17.4 Å². The van der Waals surface area contributed by atoms with Crippen LogP contribution in [0.15, 0.2) is 24.3 Å². The SMILES string of the molecule is CC1(NC(=O)c2nc(Nc3cc(F)cc(F)c3)cc3c2OCO3)CCC1. The molecule has 6 nitrogen and oxygen atoms in total. The highest BCUT2D eigenvalue weighted by Gasteiger charge is 2.35. The number of rotatable bonds is 4. The van der Waals surface area contributed by atoms with E-state index < -0.39 is 11.6 Å². The number of halogens is 2. The molecule has 1 aromatic carbocycles. The Bertz CT molecular complexity index is 864. The van der Waals surface area contributed by atoms with Crippen molar-refractivity contribution in [2.75, 3.05) is 12.1 Å². The average molecular weight is 361 g/mol. The molecular weight excluding hydrogens is 344 g/mol. The van der Waals surface area contributed by atoms with Crippen LogP contribution in [0.1, 0.15) is 36.7 Å². The third-order valence-corrected chi connectivity index (χ3v) is 4.58. The number of hydrogen-bond donors (Lipinski definition) is 2. The Hall–Kier alpha value is -2.90. The number of carbonyl (C=O) groups excluding carboxylic acids is 1. The molecule has 8 heteroatoms. The number of carbonyl (C=O) groups is 1. The summed E-state index contributed by atoms with van der Waals surface area (Å²) in [6.07, 6.45) is 2.87. The van der Waals surface area contributed by atoms with E-state index >= 15 is 0 Å². The lowest BCUT2D eigenvalue weighted by Gasteiger charge is -2.39. The van der Waals surface area contributed by atoms with Gasteiger partial charge in [0.15, 0.2) is 17.2 Å². The number of hydrogen-bond acceptors (Lipinski definition) is 5. The number of nitrogens with zero attached hydrogens (tertiary/aromatic N) is 1. The molecule has 1 aromatic heterocycles. The number of fused-ring (bicyclic) bond motifs is 1. The van der Waals surface area contributed by atoms with Crippen molar-refractivity contribution in [1.82, 2.24) is 10.3 Å². The van der Waals surface area contributed by atoms with E-state index in [4.69, 9.17) is 9.47 Å². The Balaban J connectivity index is 1.65. The fourth-order valence-electron chi connectivity index (χ4n) is 3.07. The predicted octanol–water partition coefficient (Wildman–Crippen LogP) is 3.50. The van der Waals surface area contributed by atoms with Gasteiger partial charge in [0, 0.05) is 23.4 Å². The Morgan fingerprint density at radius 1 is 1.15 bits per heavy atom. The first-order chi connectivity index (χ1) is 12.4. The first-order valence-electron chi connectivity index (χ1n) is 8.28. The summed E-state index contributed by atoms with van der Waals surface area (Å²) in [4.78, 5) is 16.9. The fourth-order valence-corrected chi connectivity index (χ4v) is 3.07. The number of aromatic nitrogens is 1. The Kier molecular flexibility index (Phi) is 3.90. The van der Waals surface area contributed by atoms with E-state index in [-0.39, 0.29) is 41.2 Å². The van der Waals surface area contributed by atoms with E-state index in [2.05, 4.69) is 15.6 Å². The minimum absolute atomic E-state index is 0.0212. The largest absolute Gasteiger partial charge is 0.453 e. The first kappa shape index (κ1) is 16.6. The zero-order valence-corrected chi connectivity index (χ0v) is 14.1. The molecule has 0 spiro atoms. The predicted molar refractivity (Wildman–Crippen MR) is 89.7 cm³/mol. The third kappa shape index (κ3) is 3.14. The van der Waals surface area contributed by atoms with Crippen LogP contribution < -0.4 is 20.1 Å². The average Bonchev–Trinajstić information content (AvgIpc) is 2.99. The molecule has 0 bridgehead atoms. The van der Waals surface area contributed by atoms with Crippen LogP contribution in [0, 0.1) is 11.6 Å². The molecule has 2 heterocycles. The van der Waals surface area contributed by atoms with Gasteiger partial charge in [0.05, 0.1) is 0 Å². The molecule has 2 aliphatic rings. The molecule has 26 heavy (non-hydrogen) atoms. The molecule has 0 atom stereocenters. The monoisotopic (exact) mass is 361 g/mol. The molecule has 1 saturated carbocycles. The van der Waals surface area contributed by atoms with Crippen LogP contribution in [0.2, 0.25) is 0 Å². The molecule has 0 unspecified atom stereocenters. The lowest BCUT2D eigenvalue weighted by atomic mass is 9.78. The van der Waals surface area contributed by atoms with Crippen molar-refractivity contribution in [3.05, 3.63) is 41.6 Å². The van der Waals surface area contributed by atoms with Gasteiger partial charge < -0.3 is 20.1 Å². The van der Waals surface area contributed by atoms with E-state index in [1.807, 2.05) is 6.92 Å². The van der Waals surface area contributed by atoms with Gasteiger partial charge in [0.25, 0.3) is 5.91 Å². The molecule has 1 amide bonds. The summed E-state index contributed by atoms with van der Waals surface area (Å²) in [7, 11) is 0. The highest BCUT2D eigenvalue weighted by Crippen LogP contribution is 2.38. The maximum atomic E-state index is 13.4. The van der Waals surface area contributed by atoms with E-state index in [1.165, 1.54) is 6.07 Å². The van der Waals surface area contributed by atoms with Gasteiger partial charge in [-0.2, -0.15) is 0 Å². The molecule has 1 fully saturated rings. The van der Waals surface area contributed by atoms with Crippen molar-refractivity contribution in [2.24, 2.45) is 0 Å². The summed E-state index contributed by atoms with van der Waals surface area (Å²) < 4.78 is 37.5. The van der Waals surface area contributed by atoms with Crippen LogP contribution >= 0.6 is 0 Å². The Morgan fingerprint density at radius 3 is 2.54 bits per heavy atom. The first-order valence-corrected chi connectivity index (χ1v) is 8.28. The number of amides is 1. The van der Waals surface area contributed by atoms with Crippen molar-refractivity contribution in [3.8, 4) is 11.5 Å². The second kappa shape index (κ2) is 6.12. The van der Waals surface area contributed by atoms with Crippen LogP contribution in [-0.4, -0.2) is 23.2 Å². The summed E-state index contributed by atoms with van der Waals surface area (Å²) >= 11 is 0. The lowest BCUT2D eigenvalue weighted by Crippen LogP contribution is -2.51. The summed E-state index contributed by atoms with van der Waals surface area (Å²) in [5, 5.41) is 5.76. The van der Waals surface area contributed by atoms with Crippen LogP contribution in [0.3, 0.4) is 0 Å². The maximum absolute atomic E-state index is 13.4. The number of nitrogens with one attached hydrogen (secondary N) is 2. The van der Waals surface area contributed by atoms with Gasteiger partial charge in [0.1, 0.15) is 17.5 Å². The van der Waals surface area contributed by atoms with Gasteiger partial charge in [-0.3, -0.25) is 4.79 Å². The highest BCUT2D eigenvalue weighted by atomic mass is 19.1. The van der Waals surface area contributed by atoms with Crippen molar-refractivity contribution in [2.45, 2.75) is 31.7 Å². The molecule has 1 aliphatic heterocycles. The van der Waals surface area contributed by atoms with Crippen LogP contribution in [0.4, 0.5) is 20.3 Å². The summed E-state index contributed by atoms with van der Waals surface area (Å²) in [6.45, 7) is 1.95. The van der Waals surface area contributed by atoms with Gasteiger partial charge in [-0.1, -0.05) is 0 Å². The van der Waals surface area contributed by atoms with Crippen LogP contribution in [-0.2, 0) is 0 Å². The van der Waals surface area contributed by atoms with E-state index in [0.717, 1.165) is 37.5 Å². The minimum Gasteiger partial charge on any atom is -0.453 e. The molecule has 0 saturated heterocycles. The van der Waals surface area contributed by atoms with Crippen molar-refractivity contribution in [1.29, 1.82) is 0 Å². The molecule has 2 N–H and O–H groups in total. The standard InChI is InChI=1S/C18H17F2N3O3/c1-18(3-2-4-18)23-17(24)15-16-13(25-9-26-16)8-14(22-15)21-12-6-10(19)5-11(20)7-12/h5-8H,2-4,9H2,1H3,(H,21,22)(H,23,24). The van der Waals surface area contributed by atoms with E-state index in [9.17, 15) is 13.6 Å². The number of anilines is 2. The summed E-state index contributed by atoms with van der Waals surface area (Å²) in [5.41, 5.74) is -0.000997. The van der Waals surface area contributed by atoms with Crippen LogP contribution in [0.5, 0.6) is 11.5 Å². The summed E-state index contributed by atoms with van der Waals surface area (Å²) in [5.74, 6) is -0.968. The second-order valence-electron chi connectivity index (χ2n) is 6.74. The van der Waals surface area contributed by atoms with Gasteiger partial charge >= 0.3 is 0 Å². The smallest absolute Gasteiger partial charge is 0.274 e. The third-order valence-electron chi connectivity index (χ3n) is 4.58. The van der Waals surface area contributed by atoms with E-state index in [0.29, 0.717) is 5.75 Å². The molecule has 0 radical (unpaired) electrons. The Labute approximate surface area is 148 Å². The zero-order chi connectivity index (χ0) is 18.3. The number of ether oxygens (including phenoxy) is 2. The number of pyridine rings is 1. The second-order valence-corrected chi connectivity index (χ2v) is 6.74. The van der Waals surface area contributed by atoms with Gasteiger partial charge in [-0.15, -0.1) is 0 Å². The topological polar surface area (TPSA) is 72.5 Å². The van der Waals surface area contributed by atoms with E-state index in [1.54, 1.807) is 0 Å². The Morgan fingerprint density at radius 2 is 1.88 bits per heavy atom. The summed E-state index contributed by atoms with van der Waals surface area (Å²) in [6, 6.07) is 4.55. The molecular formula is C18H17F2N3O3. The fraction of sp³-hybridized carbons (Fsp3) is 0.333. The lowest BCUT2D eigenvalue weighted by molar-refractivity contribution is 0.0840. The van der Waals surface area contributed by atoms with Crippen LogP contribution in [0.25, 0.3) is 0 Å². The minimum atomic E-state index is -0.718. The highest BCUT2D eigenvalue weighted by molar-refractivity contribution is 5.97. The molecule has 4 rings (SSSR count). The zero-order valence-electron chi connectivity index (χ0n) is 14.1. The van der Waals surface area contributed by atoms with Gasteiger partial charge in [0.2, 0.25) is 6.79 Å². The van der Waals surface area contributed by atoms with Crippen molar-refractivity contribution in [3.63, 3.8) is 0 Å². The van der Waals surface area contributed by atoms with Gasteiger partial charge in [-0.25, -0.2) is 13.8 Å². The molecule has 1 aliphatic carbocycles. The van der Waals surface area contributed by atoms with Crippen molar-refractivity contribution < 1.29 is 23.0 Å². The quantitative estimate of drug-likeness (QED) is 0.872. The normalized spacial score (nSPS) is 16.7. The van der Waals surface area contributed by atoms with Gasteiger partial charge in [-0.05, 0) is 38.3 Å². The molecule has 2 aromatic rings. The maximum Gasteiger partial charge on any atom is 0.274 e. The number of benzene rings is 1.